The number of hydrogen-bond acceptors (Lipinski definition) is 3. The molecule has 0 aliphatic carbocycles. The molecule has 0 saturated carbocycles. The quantitative estimate of drug-likeness (QED) is 0.772. The number of carbonyl (C=O) groups excluding carboxylic acids is 1. The predicted molar refractivity (Wildman–Crippen MR) is 51.9 cm³/mol. The Balaban J connectivity index is 3.20. The van der Waals surface area contributed by atoms with Crippen LogP contribution in [-0.2, 0) is 4.74 Å². The number of esters is 1. The first kappa shape index (κ1) is 10.1. The number of ether oxygens (including phenoxy) is 1. The summed E-state index contributed by atoms with van der Waals surface area (Å²) in [5.74, 6) is -0.384. The van der Waals surface area contributed by atoms with E-state index in [1.165, 1.54) is 13.2 Å². The number of carbonyl (C=O) groups is 1. The summed E-state index contributed by atoms with van der Waals surface area (Å²) in [6.45, 7) is 1.75. The maximum Gasteiger partial charge on any atom is 0.338 e. The fourth-order valence-corrected chi connectivity index (χ4v) is 1.35. The van der Waals surface area contributed by atoms with Crippen molar-refractivity contribution >= 4 is 21.9 Å². The second kappa shape index (κ2) is 3.79. The van der Waals surface area contributed by atoms with Gasteiger partial charge >= 0.3 is 5.97 Å². The Morgan fingerprint density at radius 3 is 2.62 bits per heavy atom. The standard InChI is InChI=1S/C9H9BrO3/c1-5-7(10)3-6(4-8(5)11)9(12)13-2/h3-4,11H,1-2H3. The Labute approximate surface area is 84.5 Å². The van der Waals surface area contributed by atoms with Crippen molar-refractivity contribution in [1.82, 2.24) is 0 Å². The van der Waals surface area contributed by atoms with Crippen LogP contribution < -0.4 is 0 Å². The highest BCUT2D eigenvalue weighted by Crippen LogP contribution is 2.27. The van der Waals surface area contributed by atoms with Crippen LogP contribution in [0.3, 0.4) is 0 Å². The molecule has 0 aromatic heterocycles. The maximum absolute atomic E-state index is 11.1. The second-order valence-electron chi connectivity index (χ2n) is 2.59. The minimum atomic E-state index is -0.462. The molecule has 0 heterocycles. The van der Waals surface area contributed by atoms with Crippen LogP contribution in [0.2, 0.25) is 0 Å². The van der Waals surface area contributed by atoms with Gasteiger partial charge in [0.2, 0.25) is 0 Å². The third kappa shape index (κ3) is 2.01. The molecule has 0 fully saturated rings. The van der Waals surface area contributed by atoms with Gasteiger partial charge in [0.05, 0.1) is 12.7 Å². The lowest BCUT2D eigenvalue weighted by Crippen LogP contribution is -2.01. The summed E-state index contributed by atoms with van der Waals surface area (Å²) < 4.78 is 5.20. The number of phenols is 1. The van der Waals surface area contributed by atoms with E-state index in [-0.39, 0.29) is 5.75 Å². The highest BCUT2D eigenvalue weighted by atomic mass is 79.9. The molecule has 1 aromatic rings. The van der Waals surface area contributed by atoms with E-state index in [4.69, 9.17) is 0 Å². The molecule has 13 heavy (non-hydrogen) atoms. The maximum atomic E-state index is 11.1. The molecule has 1 rings (SSSR count). The molecule has 0 spiro atoms. The summed E-state index contributed by atoms with van der Waals surface area (Å²) in [6.07, 6.45) is 0. The van der Waals surface area contributed by atoms with Gasteiger partial charge in [0.25, 0.3) is 0 Å². The van der Waals surface area contributed by atoms with Crippen molar-refractivity contribution in [3.8, 4) is 5.75 Å². The molecule has 4 heteroatoms. The van der Waals surface area contributed by atoms with Gasteiger partial charge in [0.1, 0.15) is 5.75 Å². The van der Waals surface area contributed by atoms with Crippen molar-refractivity contribution in [3.05, 3.63) is 27.7 Å². The van der Waals surface area contributed by atoms with Crippen molar-refractivity contribution in [2.24, 2.45) is 0 Å². The van der Waals surface area contributed by atoms with Crippen LogP contribution in [-0.4, -0.2) is 18.2 Å². The Morgan fingerprint density at radius 1 is 1.54 bits per heavy atom. The predicted octanol–water partition coefficient (Wildman–Crippen LogP) is 2.25. The van der Waals surface area contributed by atoms with Gasteiger partial charge in [-0.05, 0) is 19.1 Å². The number of methoxy groups -OCH3 is 1. The topological polar surface area (TPSA) is 46.5 Å². The molecule has 0 radical (unpaired) electrons. The van der Waals surface area contributed by atoms with Crippen molar-refractivity contribution in [2.75, 3.05) is 7.11 Å². The van der Waals surface area contributed by atoms with Crippen molar-refractivity contribution in [1.29, 1.82) is 0 Å². The van der Waals surface area contributed by atoms with Crippen LogP contribution in [0.25, 0.3) is 0 Å². The molecule has 0 amide bonds. The van der Waals surface area contributed by atoms with Gasteiger partial charge in [-0.25, -0.2) is 4.79 Å². The van der Waals surface area contributed by atoms with E-state index in [2.05, 4.69) is 20.7 Å². The summed E-state index contributed by atoms with van der Waals surface area (Å²) in [7, 11) is 1.30. The minimum absolute atomic E-state index is 0.0785. The summed E-state index contributed by atoms with van der Waals surface area (Å²) in [5, 5.41) is 9.39. The molecule has 0 aliphatic heterocycles. The van der Waals surface area contributed by atoms with Gasteiger partial charge in [-0.1, -0.05) is 15.9 Å². The minimum Gasteiger partial charge on any atom is -0.508 e. The Bertz CT molecular complexity index is 324. The molecule has 1 N–H and O–H groups in total. The normalized spacial score (nSPS) is 9.77. The first-order chi connectivity index (χ1) is 6.06. The number of rotatable bonds is 1. The van der Waals surface area contributed by atoms with Crippen molar-refractivity contribution in [3.63, 3.8) is 0 Å². The third-order valence-corrected chi connectivity index (χ3v) is 2.56. The average Bonchev–Trinajstić information content (AvgIpc) is 2.12. The summed E-state index contributed by atoms with van der Waals surface area (Å²) in [4.78, 5) is 11.1. The van der Waals surface area contributed by atoms with Gasteiger partial charge in [-0.2, -0.15) is 0 Å². The summed E-state index contributed by atoms with van der Waals surface area (Å²) in [5.41, 5.74) is 1.03. The average molecular weight is 245 g/mol. The van der Waals surface area contributed by atoms with Crippen LogP contribution in [0.4, 0.5) is 0 Å². The molecule has 0 atom stereocenters. The number of hydrogen-bond donors (Lipinski definition) is 1. The first-order valence-electron chi connectivity index (χ1n) is 3.63. The molecular formula is C9H9BrO3. The molecule has 3 nitrogen and oxygen atoms in total. The number of aromatic hydroxyl groups is 1. The molecule has 0 unspecified atom stereocenters. The Hall–Kier alpha value is -1.03. The summed E-state index contributed by atoms with van der Waals surface area (Å²) >= 11 is 3.23. The van der Waals surface area contributed by atoms with E-state index in [1.54, 1.807) is 13.0 Å². The first-order valence-corrected chi connectivity index (χ1v) is 4.43. The fourth-order valence-electron chi connectivity index (χ4n) is 0.900. The number of benzene rings is 1. The van der Waals surface area contributed by atoms with E-state index in [9.17, 15) is 9.90 Å². The van der Waals surface area contributed by atoms with Crippen LogP contribution >= 0.6 is 15.9 Å². The molecule has 1 aromatic carbocycles. The monoisotopic (exact) mass is 244 g/mol. The lowest BCUT2D eigenvalue weighted by molar-refractivity contribution is 0.0600. The van der Waals surface area contributed by atoms with Crippen LogP contribution in [0.1, 0.15) is 15.9 Å². The number of phenolic OH excluding ortho intramolecular Hbond substituents is 1. The largest absolute Gasteiger partial charge is 0.508 e. The van der Waals surface area contributed by atoms with E-state index in [0.717, 1.165) is 0 Å². The highest BCUT2D eigenvalue weighted by molar-refractivity contribution is 9.10. The van der Waals surface area contributed by atoms with Crippen molar-refractivity contribution in [2.45, 2.75) is 6.92 Å². The zero-order chi connectivity index (χ0) is 10.0. The Kier molecular flexibility index (Phi) is 2.93. The van der Waals surface area contributed by atoms with Gasteiger partial charge < -0.3 is 9.84 Å². The smallest absolute Gasteiger partial charge is 0.338 e. The van der Waals surface area contributed by atoms with Gasteiger partial charge in [0, 0.05) is 10.0 Å². The van der Waals surface area contributed by atoms with Gasteiger partial charge in [-0.3, -0.25) is 0 Å². The zero-order valence-electron chi connectivity index (χ0n) is 7.30. The molecule has 70 valence electrons. The van der Waals surface area contributed by atoms with E-state index in [1.807, 2.05) is 0 Å². The summed E-state index contributed by atoms with van der Waals surface area (Å²) in [6, 6.07) is 2.99. The number of halogens is 1. The van der Waals surface area contributed by atoms with Crippen LogP contribution in [0.5, 0.6) is 5.75 Å². The van der Waals surface area contributed by atoms with Gasteiger partial charge in [-0.15, -0.1) is 0 Å². The molecule has 0 bridgehead atoms. The van der Waals surface area contributed by atoms with E-state index >= 15 is 0 Å². The molecule has 0 saturated heterocycles. The SMILES string of the molecule is COC(=O)c1cc(O)c(C)c(Br)c1. The van der Waals surface area contributed by atoms with E-state index < -0.39 is 5.97 Å². The molecule has 0 aliphatic rings. The Morgan fingerprint density at radius 2 is 2.15 bits per heavy atom. The highest BCUT2D eigenvalue weighted by Gasteiger charge is 2.10. The van der Waals surface area contributed by atoms with Crippen LogP contribution in [0.15, 0.2) is 16.6 Å². The second-order valence-corrected chi connectivity index (χ2v) is 3.45. The zero-order valence-corrected chi connectivity index (χ0v) is 8.88. The fraction of sp³-hybridized carbons (Fsp3) is 0.222. The lowest BCUT2D eigenvalue weighted by atomic mass is 10.1. The van der Waals surface area contributed by atoms with E-state index in [0.29, 0.717) is 15.6 Å². The van der Waals surface area contributed by atoms with Crippen molar-refractivity contribution < 1.29 is 14.6 Å². The third-order valence-electron chi connectivity index (χ3n) is 1.74. The van der Waals surface area contributed by atoms with Gasteiger partial charge in [0.15, 0.2) is 0 Å². The lowest BCUT2D eigenvalue weighted by Gasteiger charge is -2.04. The van der Waals surface area contributed by atoms with Crippen LogP contribution in [0, 0.1) is 6.92 Å². The molecular weight excluding hydrogens is 236 g/mol.